The van der Waals surface area contributed by atoms with E-state index in [0.717, 1.165) is 5.56 Å². The Labute approximate surface area is 210 Å². The second-order valence-electron chi connectivity index (χ2n) is 7.58. The van der Waals surface area contributed by atoms with Gasteiger partial charge in [0, 0.05) is 11.6 Å². The Hall–Kier alpha value is -3.73. The summed E-state index contributed by atoms with van der Waals surface area (Å²) in [6, 6.07) is 18.3. The number of furan rings is 1. The summed E-state index contributed by atoms with van der Waals surface area (Å²) in [5.41, 5.74) is 7.28. The number of hydrogen-bond donors (Lipinski definition) is 2. The van der Waals surface area contributed by atoms with Crippen LogP contribution in [0.15, 0.2) is 76.1 Å². The van der Waals surface area contributed by atoms with E-state index in [9.17, 15) is 14.4 Å². The number of carbonyl (C=O) groups is 3. The van der Waals surface area contributed by atoms with Crippen LogP contribution < -0.4 is 5.73 Å². The number of thiocarbonyl (C=S) groups is 1. The molecule has 2 aromatic carbocycles. The summed E-state index contributed by atoms with van der Waals surface area (Å²) in [6.45, 7) is -0.0155. The van der Waals surface area contributed by atoms with Gasteiger partial charge in [0.15, 0.2) is 0 Å². The summed E-state index contributed by atoms with van der Waals surface area (Å²) in [5, 5.41) is 8.76. The van der Waals surface area contributed by atoms with Crippen molar-refractivity contribution in [1.29, 1.82) is 0 Å². The lowest BCUT2D eigenvalue weighted by atomic mass is 10.1. The van der Waals surface area contributed by atoms with Gasteiger partial charge in [0.2, 0.25) is 0 Å². The van der Waals surface area contributed by atoms with Gasteiger partial charge in [0.1, 0.15) is 28.5 Å². The topological polar surface area (TPSA) is 123 Å². The normalized spacial score (nSPS) is 15.5. The molecule has 2 heterocycles. The van der Waals surface area contributed by atoms with Crippen molar-refractivity contribution >= 4 is 52.2 Å². The van der Waals surface area contributed by atoms with Crippen molar-refractivity contribution in [2.24, 2.45) is 5.73 Å². The van der Waals surface area contributed by atoms with Gasteiger partial charge < -0.3 is 20.0 Å². The Bertz CT molecular complexity index is 1300. The molecule has 10 heteroatoms. The standard InChI is InChI=1S/C25H20N2O6S2/c26-19(23(29)30)14-32-24(31)17-8-6-16(7-9-17)20-11-10-18(33-20)12-21-22(28)27(25(34)35-21)13-15-4-2-1-3-5-15/h1-12,19H,13-14,26H2,(H,29,30)/b21-12+. The SMILES string of the molecule is NC(COC(=O)c1ccc(-c2ccc(/C=C3/SC(=S)N(Cc4ccccc4)C3=O)o2)cc1)C(=O)O. The van der Waals surface area contributed by atoms with Crippen LogP contribution in [-0.2, 0) is 20.9 Å². The number of hydrogen-bond acceptors (Lipinski definition) is 8. The fourth-order valence-corrected chi connectivity index (χ4v) is 4.44. The molecule has 1 saturated heterocycles. The monoisotopic (exact) mass is 508 g/mol. The number of thioether (sulfide) groups is 1. The van der Waals surface area contributed by atoms with E-state index < -0.39 is 24.6 Å². The number of rotatable bonds is 8. The molecule has 1 fully saturated rings. The van der Waals surface area contributed by atoms with Gasteiger partial charge in [-0.25, -0.2) is 4.79 Å². The molecule has 35 heavy (non-hydrogen) atoms. The van der Waals surface area contributed by atoms with Gasteiger partial charge in [0.25, 0.3) is 5.91 Å². The third kappa shape index (κ3) is 5.86. The van der Waals surface area contributed by atoms with E-state index in [0.29, 0.717) is 32.9 Å². The van der Waals surface area contributed by atoms with Crippen molar-refractivity contribution in [3.05, 3.63) is 88.5 Å². The van der Waals surface area contributed by atoms with Crippen molar-refractivity contribution in [3.8, 4) is 11.3 Å². The molecule has 0 aliphatic carbocycles. The summed E-state index contributed by atoms with van der Waals surface area (Å²) < 4.78 is 11.3. The molecule has 3 N–H and O–H groups in total. The second kappa shape index (κ2) is 10.7. The third-order valence-corrected chi connectivity index (χ3v) is 6.45. The van der Waals surface area contributed by atoms with Gasteiger partial charge >= 0.3 is 11.9 Å². The smallest absolute Gasteiger partial charge is 0.338 e. The number of benzene rings is 2. The maximum absolute atomic E-state index is 12.9. The lowest BCUT2D eigenvalue weighted by Gasteiger charge is -2.14. The third-order valence-electron chi connectivity index (χ3n) is 5.07. The number of carboxylic acid groups (broad SMARTS) is 1. The van der Waals surface area contributed by atoms with Gasteiger partial charge in [0.05, 0.1) is 17.0 Å². The van der Waals surface area contributed by atoms with Gasteiger partial charge in [-0.15, -0.1) is 0 Å². The van der Waals surface area contributed by atoms with Gasteiger partial charge in [-0.05, 0) is 29.8 Å². The fourth-order valence-electron chi connectivity index (χ4n) is 3.21. The van der Waals surface area contributed by atoms with Crippen LogP contribution in [-0.4, -0.2) is 44.8 Å². The summed E-state index contributed by atoms with van der Waals surface area (Å²) in [5.74, 6) is -1.06. The highest BCUT2D eigenvalue weighted by Gasteiger charge is 2.32. The van der Waals surface area contributed by atoms with Gasteiger partial charge in [-0.1, -0.05) is 66.4 Å². The largest absolute Gasteiger partial charge is 0.480 e. The number of nitrogens with two attached hydrogens (primary N) is 1. The molecule has 1 aliphatic rings. The molecular weight excluding hydrogens is 488 g/mol. The summed E-state index contributed by atoms with van der Waals surface area (Å²) in [7, 11) is 0. The quantitative estimate of drug-likeness (QED) is 0.265. The van der Waals surface area contributed by atoms with Crippen LogP contribution in [0, 0.1) is 0 Å². The highest BCUT2D eigenvalue weighted by Crippen LogP contribution is 2.34. The number of aliphatic carboxylic acids is 1. The average Bonchev–Trinajstić information content (AvgIpc) is 3.43. The number of ether oxygens (including phenoxy) is 1. The van der Waals surface area contributed by atoms with E-state index in [4.69, 9.17) is 32.2 Å². The first-order valence-corrected chi connectivity index (χ1v) is 11.7. The number of esters is 1. The summed E-state index contributed by atoms with van der Waals surface area (Å²) in [6.07, 6.45) is 1.66. The predicted octanol–water partition coefficient (Wildman–Crippen LogP) is 3.92. The Morgan fingerprint density at radius 2 is 1.83 bits per heavy atom. The lowest BCUT2D eigenvalue weighted by Crippen LogP contribution is -2.35. The second-order valence-corrected chi connectivity index (χ2v) is 9.25. The van der Waals surface area contributed by atoms with Crippen LogP contribution in [0.5, 0.6) is 0 Å². The Morgan fingerprint density at radius 1 is 1.11 bits per heavy atom. The van der Waals surface area contributed by atoms with E-state index in [1.165, 1.54) is 11.8 Å². The Kier molecular flexibility index (Phi) is 7.45. The molecule has 1 aromatic heterocycles. The number of nitrogens with zero attached hydrogens (tertiary/aromatic N) is 1. The molecule has 8 nitrogen and oxygen atoms in total. The van der Waals surface area contributed by atoms with Gasteiger partial charge in [-0.2, -0.15) is 0 Å². The lowest BCUT2D eigenvalue weighted by molar-refractivity contribution is -0.139. The van der Waals surface area contributed by atoms with E-state index in [1.807, 2.05) is 30.3 Å². The molecule has 1 unspecified atom stereocenters. The van der Waals surface area contributed by atoms with E-state index in [1.54, 1.807) is 47.4 Å². The van der Waals surface area contributed by atoms with E-state index >= 15 is 0 Å². The van der Waals surface area contributed by atoms with Crippen molar-refractivity contribution in [3.63, 3.8) is 0 Å². The highest BCUT2D eigenvalue weighted by molar-refractivity contribution is 8.26. The van der Waals surface area contributed by atoms with Gasteiger partial charge in [-0.3, -0.25) is 14.5 Å². The molecule has 1 atom stereocenters. The Morgan fingerprint density at radius 3 is 2.51 bits per heavy atom. The molecule has 3 aromatic rings. The molecular formula is C25H20N2O6S2. The molecule has 178 valence electrons. The average molecular weight is 509 g/mol. The zero-order valence-corrected chi connectivity index (χ0v) is 19.9. The number of carboxylic acids is 1. The van der Waals surface area contributed by atoms with Crippen LogP contribution in [0.4, 0.5) is 0 Å². The predicted molar refractivity (Wildman–Crippen MR) is 135 cm³/mol. The van der Waals surface area contributed by atoms with Crippen molar-refractivity contribution < 1.29 is 28.6 Å². The molecule has 1 amide bonds. The molecule has 0 radical (unpaired) electrons. The molecule has 4 rings (SSSR count). The summed E-state index contributed by atoms with van der Waals surface area (Å²) >= 11 is 6.62. The van der Waals surface area contributed by atoms with Crippen molar-refractivity contribution in [2.75, 3.05) is 6.61 Å². The first kappa shape index (κ1) is 24.4. The first-order valence-electron chi connectivity index (χ1n) is 10.5. The van der Waals surface area contributed by atoms with Crippen LogP contribution in [0.1, 0.15) is 21.7 Å². The van der Waals surface area contributed by atoms with Crippen molar-refractivity contribution in [1.82, 2.24) is 4.90 Å². The van der Waals surface area contributed by atoms with E-state index in [2.05, 4.69) is 0 Å². The summed E-state index contributed by atoms with van der Waals surface area (Å²) in [4.78, 5) is 37.7. The zero-order chi connectivity index (χ0) is 24.9. The Balaban J connectivity index is 1.42. The van der Waals surface area contributed by atoms with Crippen LogP contribution >= 0.6 is 24.0 Å². The minimum atomic E-state index is -1.28. The maximum atomic E-state index is 12.9. The molecule has 0 spiro atoms. The minimum absolute atomic E-state index is 0.174. The van der Waals surface area contributed by atoms with Crippen molar-refractivity contribution in [2.45, 2.75) is 12.6 Å². The molecule has 1 aliphatic heterocycles. The fraction of sp³-hybridized carbons (Fsp3) is 0.120. The van der Waals surface area contributed by atoms with Crippen LogP contribution in [0.3, 0.4) is 0 Å². The minimum Gasteiger partial charge on any atom is -0.480 e. The molecule has 0 saturated carbocycles. The zero-order valence-electron chi connectivity index (χ0n) is 18.2. The van der Waals surface area contributed by atoms with E-state index in [-0.39, 0.29) is 11.5 Å². The molecule has 0 bridgehead atoms. The maximum Gasteiger partial charge on any atom is 0.338 e. The highest BCUT2D eigenvalue weighted by atomic mass is 32.2. The van der Waals surface area contributed by atoms with Crippen LogP contribution in [0.25, 0.3) is 17.4 Å². The number of carbonyl (C=O) groups excluding carboxylic acids is 2. The first-order chi connectivity index (χ1) is 16.8. The number of amides is 1. The van der Waals surface area contributed by atoms with Crippen LogP contribution in [0.2, 0.25) is 0 Å².